The van der Waals surface area contributed by atoms with Crippen LogP contribution in [-0.4, -0.2) is 19.6 Å². The standard InChI is InChI=1S/C16H23FN2/c1-2-18-9-12-6-7-16(15(17)8-12)19-10-13-4-3-5-14(13)11-19/h6-8,13-14,18H,2-5,9-11H2,1H3. The van der Waals surface area contributed by atoms with E-state index >= 15 is 0 Å². The quantitative estimate of drug-likeness (QED) is 0.896. The van der Waals surface area contributed by atoms with Gasteiger partial charge >= 0.3 is 0 Å². The summed E-state index contributed by atoms with van der Waals surface area (Å²) in [6.07, 6.45) is 4.04. The topological polar surface area (TPSA) is 15.3 Å². The molecule has 1 aromatic carbocycles. The molecule has 2 unspecified atom stereocenters. The fourth-order valence-corrected chi connectivity index (χ4v) is 3.62. The van der Waals surface area contributed by atoms with Crippen molar-refractivity contribution in [3.05, 3.63) is 29.6 Å². The van der Waals surface area contributed by atoms with Gasteiger partial charge in [-0.15, -0.1) is 0 Å². The number of nitrogens with zero attached hydrogens (tertiary/aromatic N) is 1. The van der Waals surface area contributed by atoms with Crippen LogP contribution in [-0.2, 0) is 6.54 Å². The fraction of sp³-hybridized carbons (Fsp3) is 0.625. The first kappa shape index (κ1) is 12.9. The second-order valence-corrected chi connectivity index (χ2v) is 5.92. The van der Waals surface area contributed by atoms with Crippen molar-refractivity contribution in [3.63, 3.8) is 0 Å². The maximum atomic E-state index is 14.2. The van der Waals surface area contributed by atoms with Gasteiger partial charge in [-0.2, -0.15) is 0 Å². The molecule has 3 heteroatoms. The first-order chi connectivity index (χ1) is 9.28. The number of halogens is 1. The van der Waals surface area contributed by atoms with E-state index in [-0.39, 0.29) is 5.82 Å². The van der Waals surface area contributed by atoms with Crippen molar-refractivity contribution < 1.29 is 4.39 Å². The normalized spacial score (nSPS) is 25.9. The lowest BCUT2D eigenvalue weighted by molar-refractivity contribution is 0.494. The van der Waals surface area contributed by atoms with Gasteiger partial charge in [0.25, 0.3) is 0 Å². The van der Waals surface area contributed by atoms with E-state index in [1.807, 2.05) is 6.07 Å². The highest BCUT2D eigenvalue weighted by Crippen LogP contribution is 2.40. The van der Waals surface area contributed by atoms with Crippen molar-refractivity contribution in [2.24, 2.45) is 11.8 Å². The van der Waals surface area contributed by atoms with E-state index in [0.717, 1.165) is 49.3 Å². The van der Waals surface area contributed by atoms with Gasteiger partial charge < -0.3 is 10.2 Å². The predicted molar refractivity (Wildman–Crippen MR) is 76.8 cm³/mol. The molecule has 1 aromatic rings. The van der Waals surface area contributed by atoms with Crippen LogP contribution in [0.5, 0.6) is 0 Å². The molecule has 1 N–H and O–H groups in total. The van der Waals surface area contributed by atoms with Crippen LogP contribution in [0, 0.1) is 17.7 Å². The van der Waals surface area contributed by atoms with Crippen molar-refractivity contribution in [3.8, 4) is 0 Å². The van der Waals surface area contributed by atoms with Crippen molar-refractivity contribution in [1.82, 2.24) is 5.32 Å². The fourth-order valence-electron chi connectivity index (χ4n) is 3.62. The van der Waals surface area contributed by atoms with Gasteiger partial charge in [0.05, 0.1) is 5.69 Å². The Morgan fingerprint density at radius 2 is 2.00 bits per heavy atom. The highest BCUT2D eigenvalue weighted by Gasteiger charge is 2.36. The lowest BCUT2D eigenvalue weighted by Gasteiger charge is -2.20. The molecule has 1 saturated heterocycles. The van der Waals surface area contributed by atoms with E-state index in [0.29, 0.717) is 0 Å². The summed E-state index contributed by atoms with van der Waals surface area (Å²) in [6.45, 7) is 5.83. The minimum atomic E-state index is -0.0598. The summed E-state index contributed by atoms with van der Waals surface area (Å²) < 4.78 is 14.2. The van der Waals surface area contributed by atoms with Crippen LogP contribution in [0.3, 0.4) is 0 Å². The highest BCUT2D eigenvalue weighted by atomic mass is 19.1. The Hall–Kier alpha value is -1.09. The number of fused-ring (bicyclic) bond motifs is 1. The van der Waals surface area contributed by atoms with Crippen LogP contribution in [0.2, 0.25) is 0 Å². The third kappa shape index (κ3) is 2.62. The summed E-state index contributed by atoms with van der Waals surface area (Å²) in [5.41, 5.74) is 1.83. The molecule has 1 aliphatic carbocycles. The molecule has 1 heterocycles. The van der Waals surface area contributed by atoms with E-state index in [1.54, 1.807) is 6.07 Å². The van der Waals surface area contributed by atoms with Gasteiger partial charge in [0.15, 0.2) is 0 Å². The Morgan fingerprint density at radius 3 is 2.63 bits per heavy atom. The summed E-state index contributed by atoms with van der Waals surface area (Å²) in [6, 6.07) is 5.70. The minimum Gasteiger partial charge on any atom is -0.369 e. The molecule has 2 aliphatic rings. The summed E-state index contributed by atoms with van der Waals surface area (Å²) in [5, 5.41) is 3.23. The number of hydrogen-bond donors (Lipinski definition) is 1. The summed E-state index contributed by atoms with van der Waals surface area (Å²) in [7, 11) is 0. The number of rotatable bonds is 4. The van der Waals surface area contributed by atoms with E-state index in [2.05, 4.69) is 23.2 Å². The SMILES string of the molecule is CCNCc1ccc(N2CC3CCCC3C2)c(F)c1. The average molecular weight is 262 g/mol. The van der Waals surface area contributed by atoms with Crippen LogP contribution in [0.1, 0.15) is 31.7 Å². The molecule has 0 radical (unpaired) electrons. The molecule has 1 aliphatic heterocycles. The summed E-state index contributed by atoms with van der Waals surface area (Å²) in [4.78, 5) is 2.25. The number of anilines is 1. The molecule has 2 fully saturated rings. The van der Waals surface area contributed by atoms with E-state index < -0.39 is 0 Å². The predicted octanol–water partition coefficient (Wildman–Crippen LogP) is 3.17. The van der Waals surface area contributed by atoms with Crippen LogP contribution in [0.15, 0.2) is 18.2 Å². The summed E-state index contributed by atoms with van der Waals surface area (Å²) >= 11 is 0. The molecule has 0 aromatic heterocycles. The number of hydrogen-bond acceptors (Lipinski definition) is 2. The van der Waals surface area contributed by atoms with Crippen molar-refractivity contribution in [2.75, 3.05) is 24.5 Å². The van der Waals surface area contributed by atoms with E-state index in [9.17, 15) is 4.39 Å². The number of nitrogens with one attached hydrogen (secondary N) is 1. The summed E-state index contributed by atoms with van der Waals surface area (Å²) in [5.74, 6) is 1.55. The molecular weight excluding hydrogens is 239 g/mol. The zero-order valence-electron chi connectivity index (χ0n) is 11.7. The first-order valence-corrected chi connectivity index (χ1v) is 7.52. The Kier molecular flexibility index (Phi) is 3.74. The van der Waals surface area contributed by atoms with Gasteiger partial charge in [-0.05, 0) is 48.9 Å². The van der Waals surface area contributed by atoms with Gasteiger partial charge in [-0.1, -0.05) is 19.4 Å². The Morgan fingerprint density at radius 1 is 1.26 bits per heavy atom. The molecule has 0 spiro atoms. The van der Waals surface area contributed by atoms with Gasteiger partial charge in [0, 0.05) is 19.6 Å². The Balaban J connectivity index is 1.71. The van der Waals surface area contributed by atoms with Crippen molar-refractivity contribution >= 4 is 5.69 Å². The van der Waals surface area contributed by atoms with E-state index in [4.69, 9.17) is 0 Å². The molecule has 0 amide bonds. The first-order valence-electron chi connectivity index (χ1n) is 7.52. The molecule has 1 saturated carbocycles. The minimum absolute atomic E-state index is 0.0598. The molecule has 104 valence electrons. The molecule has 2 atom stereocenters. The monoisotopic (exact) mass is 262 g/mol. The second kappa shape index (κ2) is 5.49. The Bertz CT molecular complexity index is 434. The lowest BCUT2D eigenvalue weighted by Crippen LogP contribution is -2.22. The molecule has 19 heavy (non-hydrogen) atoms. The third-order valence-electron chi connectivity index (χ3n) is 4.66. The molecular formula is C16H23FN2. The van der Waals surface area contributed by atoms with Crippen LogP contribution in [0.4, 0.5) is 10.1 Å². The van der Waals surface area contributed by atoms with Crippen LogP contribution < -0.4 is 10.2 Å². The maximum Gasteiger partial charge on any atom is 0.146 e. The zero-order valence-corrected chi connectivity index (χ0v) is 11.7. The van der Waals surface area contributed by atoms with E-state index in [1.165, 1.54) is 19.3 Å². The van der Waals surface area contributed by atoms with Gasteiger partial charge in [-0.3, -0.25) is 0 Å². The Labute approximate surface area is 115 Å². The smallest absolute Gasteiger partial charge is 0.146 e. The largest absolute Gasteiger partial charge is 0.369 e. The van der Waals surface area contributed by atoms with Crippen molar-refractivity contribution in [2.45, 2.75) is 32.7 Å². The zero-order chi connectivity index (χ0) is 13.2. The van der Waals surface area contributed by atoms with Crippen LogP contribution >= 0.6 is 0 Å². The highest BCUT2D eigenvalue weighted by molar-refractivity contribution is 5.50. The van der Waals surface area contributed by atoms with Gasteiger partial charge in [-0.25, -0.2) is 4.39 Å². The second-order valence-electron chi connectivity index (χ2n) is 5.92. The van der Waals surface area contributed by atoms with Gasteiger partial charge in [0.1, 0.15) is 5.82 Å². The lowest BCUT2D eigenvalue weighted by atomic mass is 10.0. The van der Waals surface area contributed by atoms with Gasteiger partial charge in [0.2, 0.25) is 0 Å². The molecule has 2 nitrogen and oxygen atoms in total. The van der Waals surface area contributed by atoms with Crippen LogP contribution in [0.25, 0.3) is 0 Å². The average Bonchev–Trinajstić information content (AvgIpc) is 2.97. The third-order valence-corrected chi connectivity index (χ3v) is 4.66. The number of benzene rings is 1. The van der Waals surface area contributed by atoms with Crippen molar-refractivity contribution in [1.29, 1.82) is 0 Å². The molecule has 0 bridgehead atoms. The molecule has 3 rings (SSSR count). The maximum absolute atomic E-state index is 14.2.